The molecule has 2 heterocycles. The van der Waals surface area contributed by atoms with Gasteiger partial charge in [0, 0.05) is 5.75 Å². The fourth-order valence-electron chi connectivity index (χ4n) is 2.04. The molecule has 0 radical (unpaired) electrons. The number of esters is 1. The summed E-state index contributed by atoms with van der Waals surface area (Å²) in [4.78, 5) is 13.7. The van der Waals surface area contributed by atoms with Crippen LogP contribution in [-0.2, 0) is 16.1 Å². The Morgan fingerprint density at radius 2 is 2.21 bits per heavy atom. The Morgan fingerprint density at radius 1 is 1.42 bits per heavy atom. The van der Waals surface area contributed by atoms with Gasteiger partial charge in [-0.15, -0.1) is 5.10 Å². The minimum atomic E-state index is -0.341. The molecule has 19 heavy (non-hydrogen) atoms. The standard InChI is InChI=1S/C11H19N5O2S/c1-18-10(17)9-16-11(12-13-14-16)19-8-4-7-15-5-2-3-6-15/h2-9H2,1H3. The number of hydrogen-bond acceptors (Lipinski definition) is 7. The molecule has 0 amide bonds. The topological polar surface area (TPSA) is 73.1 Å². The van der Waals surface area contributed by atoms with E-state index in [1.807, 2.05) is 0 Å². The highest BCUT2D eigenvalue weighted by Gasteiger charge is 2.13. The van der Waals surface area contributed by atoms with Crippen molar-refractivity contribution in [3.05, 3.63) is 0 Å². The minimum absolute atomic E-state index is 0.0674. The van der Waals surface area contributed by atoms with Gasteiger partial charge in [-0.3, -0.25) is 4.79 Å². The summed E-state index contributed by atoms with van der Waals surface area (Å²) in [6.45, 7) is 3.65. The lowest BCUT2D eigenvalue weighted by Gasteiger charge is -2.13. The number of tetrazole rings is 1. The summed E-state index contributed by atoms with van der Waals surface area (Å²) < 4.78 is 6.08. The van der Waals surface area contributed by atoms with Crippen molar-refractivity contribution in [2.24, 2.45) is 0 Å². The zero-order chi connectivity index (χ0) is 13.5. The second-order valence-corrected chi connectivity index (χ2v) is 5.51. The summed E-state index contributed by atoms with van der Waals surface area (Å²) in [7, 11) is 1.36. The van der Waals surface area contributed by atoms with Gasteiger partial charge in [0.15, 0.2) is 0 Å². The van der Waals surface area contributed by atoms with Crippen LogP contribution in [0.2, 0.25) is 0 Å². The molecule has 1 saturated heterocycles. The van der Waals surface area contributed by atoms with Crippen molar-refractivity contribution in [2.45, 2.75) is 31.0 Å². The molecular weight excluding hydrogens is 266 g/mol. The van der Waals surface area contributed by atoms with Gasteiger partial charge in [0.2, 0.25) is 5.16 Å². The zero-order valence-corrected chi connectivity index (χ0v) is 11.9. The molecule has 1 fully saturated rings. The van der Waals surface area contributed by atoms with Crippen LogP contribution in [0.15, 0.2) is 5.16 Å². The van der Waals surface area contributed by atoms with E-state index < -0.39 is 0 Å². The highest BCUT2D eigenvalue weighted by atomic mass is 32.2. The highest BCUT2D eigenvalue weighted by Crippen LogP contribution is 2.16. The third-order valence-electron chi connectivity index (χ3n) is 3.05. The normalized spacial score (nSPS) is 15.8. The summed E-state index contributed by atoms with van der Waals surface area (Å²) in [5.41, 5.74) is 0. The van der Waals surface area contributed by atoms with E-state index in [9.17, 15) is 4.79 Å². The fourth-order valence-corrected chi connectivity index (χ4v) is 2.84. The maximum absolute atomic E-state index is 11.2. The lowest BCUT2D eigenvalue weighted by molar-refractivity contribution is -0.141. The SMILES string of the molecule is COC(=O)Cn1nnnc1SCCCN1CCCC1. The lowest BCUT2D eigenvalue weighted by Crippen LogP contribution is -2.20. The van der Waals surface area contributed by atoms with Crippen LogP contribution in [0.3, 0.4) is 0 Å². The Bertz CT molecular complexity index is 406. The van der Waals surface area contributed by atoms with Crippen LogP contribution in [0, 0.1) is 0 Å². The summed E-state index contributed by atoms with van der Waals surface area (Å²) in [5.74, 6) is 0.615. The van der Waals surface area contributed by atoms with E-state index in [0.29, 0.717) is 5.16 Å². The molecule has 1 aromatic rings. The number of aromatic nitrogens is 4. The largest absolute Gasteiger partial charge is 0.468 e. The Kier molecular flexibility index (Phi) is 5.59. The van der Waals surface area contributed by atoms with E-state index >= 15 is 0 Å². The smallest absolute Gasteiger partial charge is 0.327 e. The fraction of sp³-hybridized carbons (Fsp3) is 0.818. The summed E-state index contributed by atoms with van der Waals surface area (Å²) in [5, 5.41) is 12.0. The Labute approximate surface area is 116 Å². The first-order chi connectivity index (χ1) is 9.29. The number of likely N-dealkylation sites (tertiary alicyclic amines) is 1. The van der Waals surface area contributed by atoms with E-state index in [1.165, 1.54) is 37.7 Å². The van der Waals surface area contributed by atoms with Crippen LogP contribution in [0.25, 0.3) is 0 Å². The van der Waals surface area contributed by atoms with Crippen LogP contribution in [0.5, 0.6) is 0 Å². The molecule has 0 atom stereocenters. The van der Waals surface area contributed by atoms with Gasteiger partial charge in [-0.05, 0) is 49.3 Å². The van der Waals surface area contributed by atoms with Crippen molar-refractivity contribution < 1.29 is 9.53 Å². The molecule has 8 heteroatoms. The van der Waals surface area contributed by atoms with Crippen molar-refractivity contribution in [3.63, 3.8) is 0 Å². The predicted molar refractivity (Wildman–Crippen MR) is 70.8 cm³/mol. The van der Waals surface area contributed by atoms with Gasteiger partial charge in [-0.1, -0.05) is 11.8 Å². The van der Waals surface area contributed by atoms with Crippen molar-refractivity contribution >= 4 is 17.7 Å². The molecule has 0 aliphatic carbocycles. The molecule has 2 rings (SSSR count). The predicted octanol–water partition coefficient (Wildman–Crippen LogP) is 0.424. The van der Waals surface area contributed by atoms with Crippen LogP contribution >= 0.6 is 11.8 Å². The molecule has 1 aromatic heterocycles. The number of hydrogen-bond donors (Lipinski definition) is 0. The molecule has 0 bridgehead atoms. The Morgan fingerprint density at radius 3 is 2.95 bits per heavy atom. The zero-order valence-electron chi connectivity index (χ0n) is 11.1. The number of nitrogens with zero attached hydrogens (tertiary/aromatic N) is 5. The third-order valence-corrected chi connectivity index (χ3v) is 4.10. The van der Waals surface area contributed by atoms with E-state index in [0.717, 1.165) is 18.7 Å². The minimum Gasteiger partial charge on any atom is -0.468 e. The van der Waals surface area contributed by atoms with Crippen LogP contribution in [0.4, 0.5) is 0 Å². The van der Waals surface area contributed by atoms with Crippen LogP contribution in [0.1, 0.15) is 19.3 Å². The molecular formula is C11H19N5O2S. The second-order valence-electron chi connectivity index (χ2n) is 4.45. The molecule has 7 nitrogen and oxygen atoms in total. The molecule has 0 saturated carbocycles. The maximum Gasteiger partial charge on any atom is 0.327 e. The van der Waals surface area contributed by atoms with Crippen molar-refractivity contribution in [1.82, 2.24) is 25.1 Å². The number of ether oxygens (including phenoxy) is 1. The summed E-state index contributed by atoms with van der Waals surface area (Å²) >= 11 is 1.58. The van der Waals surface area contributed by atoms with Gasteiger partial charge in [0.05, 0.1) is 7.11 Å². The molecule has 0 spiro atoms. The van der Waals surface area contributed by atoms with Gasteiger partial charge >= 0.3 is 5.97 Å². The van der Waals surface area contributed by atoms with E-state index in [1.54, 1.807) is 11.8 Å². The first-order valence-corrected chi connectivity index (χ1v) is 7.46. The Hall–Kier alpha value is -1.15. The summed E-state index contributed by atoms with van der Waals surface area (Å²) in [6, 6.07) is 0. The van der Waals surface area contributed by atoms with E-state index in [-0.39, 0.29) is 12.5 Å². The van der Waals surface area contributed by atoms with Crippen molar-refractivity contribution in [1.29, 1.82) is 0 Å². The van der Waals surface area contributed by atoms with Gasteiger partial charge in [-0.2, -0.15) is 0 Å². The van der Waals surface area contributed by atoms with Gasteiger partial charge in [0.1, 0.15) is 6.54 Å². The van der Waals surface area contributed by atoms with Gasteiger partial charge in [-0.25, -0.2) is 4.68 Å². The molecule has 0 aromatic carbocycles. The average molecular weight is 285 g/mol. The Balaban J connectivity index is 1.70. The van der Waals surface area contributed by atoms with E-state index in [4.69, 9.17) is 0 Å². The second kappa shape index (κ2) is 7.44. The first kappa shape index (κ1) is 14.3. The quantitative estimate of drug-likeness (QED) is 0.408. The molecule has 0 N–H and O–H groups in total. The molecule has 1 aliphatic rings. The maximum atomic E-state index is 11.2. The van der Waals surface area contributed by atoms with E-state index in [2.05, 4.69) is 25.2 Å². The van der Waals surface area contributed by atoms with Crippen LogP contribution in [-0.4, -0.2) is 63.6 Å². The molecule has 0 unspecified atom stereocenters. The van der Waals surface area contributed by atoms with Crippen LogP contribution < -0.4 is 0 Å². The molecule has 106 valence electrons. The first-order valence-electron chi connectivity index (χ1n) is 6.47. The number of carbonyl (C=O) groups is 1. The van der Waals surface area contributed by atoms with Crippen molar-refractivity contribution in [3.8, 4) is 0 Å². The molecule has 1 aliphatic heterocycles. The van der Waals surface area contributed by atoms with Crippen molar-refractivity contribution in [2.75, 3.05) is 32.5 Å². The monoisotopic (exact) mass is 285 g/mol. The third kappa shape index (κ3) is 4.46. The number of carbonyl (C=O) groups excluding carboxylic acids is 1. The number of methoxy groups -OCH3 is 1. The summed E-state index contributed by atoms with van der Waals surface area (Å²) in [6.07, 6.45) is 3.75. The van der Waals surface area contributed by atoms with Gasteiger partial charge in [0.25, 0.3) is 0 Å². The lowest BCUT2D eigenvalue weighted by atomic mass is 10.4. The van der Waals surface area contributed by atoms with Gasteiger partial charge < -0.3 is 9.64 Å². The number of rotatable bonds is 7. The number of thioether (sulfide) groups is 1. The average Bonchev–Trinajstić information content (AvgIpc) is 3.06. The highest BCUT2D eigenvalue weighted by molar-refractivity contribution is 7.99.